The number of amides is 2. The number of anilines is 1. The molecule has 1 unspecified atom stereocenters. The average Bonchev–Trinajstić information content (AvgIpc) is 3.07. The Morgan fingerprint density at radius 3 is 2.62 bits per heavy atom. The lowest BCUT2D eigenvalue weighted by molar-refractivity contribution is -0.123. The first-order chi connectivity index (χ1) is 14.0. The number of halogens is 2. The summed E-state index contributed by atoms with van der Waals surface area (Å²) >= 11 is 11.9. The van der Waals surface area contributed by atoms with Gasteiger partial charge in [0.2, 0.25) is 5.91 Å². The van der Waals surface area contributed by atoms with Gasteiger partial charge in [-0.1, -0.05) is 23.2 Å². The van der Waals surface area contributed by atoms with Crippen LogP contribution in [0.25, 0.3) is 0 Å². The summed E-state index contributed by atoms with van der Waals surface area (Å²) < 4.78 is 10.8. The quantitative estimate of drug-likeness (QED) is 0.680. The maximum Gasteiger partial charge on any atom is 0.257 e. The first kappa shape index (κ1) is 21.3. The normalized spacial score (nSPS) is 16.0. The molecule has 0 aliphatic carbocycles. The lowest BCUT2D eigenvalue weighted by Crippen LogP contribution is -2.34. The molecule has 8 heteroatoms. The molecular formula is C21H22Cl2N2O4. The fraction of sp³-hybridized carbons (Fsp3) is 0.333. The summed E-state index contributed by atoms with van der Waals surface area (Å²) in [6, 6.07) is 12.2. The van der Waals surface area contributed by atoms with Crippen LogP contribution in [0, 0.1) is 5.92 Å². The number of benzene rings is 2. The van der Waals surface area contributed by atoms with Crippen LogP contribution in [-0.4, -0.2) is 38.1 Å². The Morgan fingerprint density at radius 2 is 1.93 bits per heavy atom. The van der Waals surface area contributed by atoms with Gasteiger partial charge in [0.25, 0.3) is 5.91 Å². The molecule has 1 saturated heterocycles. The van der Waals surface area contributed by atoms with Crippen LogP contribution in [0.4, 0.5) is 5.69 Å². The Balaban J connectivity index is 1.46. The molecule has 0 radical (unpaired) electrons. The van der Waals surface area contributed by atoms with E-state index in [-0.39, 0.29) is 24.3 Å². The van der Waals surface area contributed by atoms with Gasteiger partial charge in [0.1, 0.15) is 11.5 Å². The number of ether oxygens (including phenoxy) is 2. The molecule has 1 heterocycles. The minimum atomic E-state index is -0.275. The summed E-state index contributed by atoms with van der Waals surface area (Å²) in [5.41, 5.74) is 0.827. The highest BCUT2D eigenvalue weighted by molar-refractivity contribution is 6.35. The number of carbonyl (C=O) groups is 2. The van der Waals surface area contributed by atoms with Crippen LogP contribution in [-0.2, 0) is 9.59 Å². The largest absolute Gasteiger partial charge is 0.494 e. The van der Waals surface area contributed by atoms with E-state index in [0.29, 0.717) is 41.9 Å². The zero-order valence-corrected chi connectivity index (χ0v) is 17.5. The number of rotatable bonds is 8. The third kappa shape index (κ3) is 5.78. The first-order valence-corrected chi connectivity index (χ1v) is 10.1. The fourth-order valence-electron chi connectivity index (χ4n) is 3.10. The van der Waals surface area contributed by atoms with Crippen LogP contribution in [0.15, 0.2) is 42.5 Å². The molecule has 6 nitrogen and oxygen atoms in total. The Hall–Kier alpha value is -2.44. The van der Waals surface area contributed by atoms with Gasteiger partial charge in [-0.3, -0.25) is 9.59 Å². The smallest absolute Gasteiger partial charge is 0.257 e. The van der Waals surface area contributed by atoms with Crippen molar-refractivity contribution < 1.29 is 19.1 Å². The Kier molecular flexibility index (Phi) is 7.23. The van der Waals surface area contributed by atoms with Crippen molar-refractivity contribution in [2.45, 2.75) is 13.3 Å². The van der Waals surface area contributed by atoms with Crippen LogP contribution in [0.2, 0.25) is 10.0 Å². The summed E-state index contributed by atoms with van der Waals surface area (Å²) in [5, 5.41) is 3.65. The van der Waals surface area contributed by atoms with Gasteiger partial charge in [0.15, 0.2) is 6.61 Å². The van der Waals surface area contributed by atoms with Crippen molar-refractivity contribution >= 4 is 40.7 Å². The second-order valence-electron chi connectivity index (χ2n) is 6.67. The van der Waals surface area contributed by atoms with Crippen molar-refractivity contribution in [3.05, 3.63) is 52.5 Å². The maximum absolute atomic E-state index is 12.3. The molecular weight excluding hydrogens is 415 g/mol. The van der Waals surface area contributed by atoms with E-state index >= 15 is 0 Å². The molecule has 3 rings (SSSR count). The van der Waals surface area contributed by atoms with E-state index in [9.17, 15) is 9.59 Å². The van der Waals surface area contributed by atoms with Gasteiger partial charge < -0.3 is 19.7 Å². The molecule has 0 aromatic heterocycles. The van der Waals surface area contributed by atoms with E-state index in [1.54, 1.807) is 23.1 Å². The van der Waals surface area contributed by atoms with Crippen molar-refractivity contribution in [3.8, 4) is 11.5 Å². The monoisotopic (exact) mass is 436 g/mol. The molecule has 0 saturated carbocycles. The highest BCUT2D eigenvalue weighted by Gasteiger charge is 2.30. The van der Waals surface area contributed by atoms with Crippen LogP contribution in [0.3, 0.4) is 0 Å². The average molecular weight is 437 g/mol. The van der Waals surface area contributed by atoms with Crippen LogP contribution < -0.4 is 19.7 Å². The number of hydrogen-bond acceptors (Lipinski definition) is 4. The van der Waals surface area contributed by atoms with Crippen LogP contribution in [0.1, 0.15) is 13.3 Å². The maximum atomic E-state index is 12.3. The van der Waals surface area contributed by atoms with Crippen molar-refractivity contribution in [3.63, 3.8) is 0 Å². The highest BCUT2D eigenvalue weighted by Crippen LogP contribution is 2.28. The van der Waals surface area contributed by atoms with Crippen LogP contribution >= 0.6 is 23.2 Å². The fourth-order valence-corrected chi connectivity index (χ4v) is 3.56. The molecule has 1 fully saturated rings. The third-order valence-electron chi connectivity index (χ3n) is 4.51. The number of nitrogens with zero attached hydrogens (tertiary/aromatic N) is 1. The van der Waals surface area contributed by atoms with E-state index in [1.807, 2.05) is 31.2 Å². The zero-order chi connectivity index (χ0) is 20.8. The third-order valence-corrected chi connectivity index (χ3v) is 5.04. The lowest BCUT2D eigenvalue weighted by atomic mass is 10.1. The lowest BCUT2D eigenvalue weighted by Gasteiger charge is -2.17. The Morgan fingerprint density at radius 1 is 1.17 bits per heavy atom. The standard InChI is InChI=1S/C21H22Cl2N2O4/c1-2-28-17-6-4-16(5-7-17)25-12-14(9-21(25)27)11-24-20(26)13-29-19-8-3-15(22)10-18(19)23/h3-8,10,14H,2,9,11-13H2,1H3,(H,24,26). The van der Waals surface area contributed by atoms with Crippen molar-refractivity contribution in [1.29, 1.82) is 0 Å². The molecule has 1 aliphatic rings. The van der Waals surface area contributed by atoms with Crippen molar-refractivity contribution in [1.82, 2.24) is 5.32 Å². The number of hydrogen-bond donors (Lipinski definition) is 1. The number of carbonyl (C=O) groups excluding carboxylic acids is 2. The highest BCUT2D eigenvalue weighted by atomic mass is 35.5. The summed E-state index contributed by atoms with van der Waals surface area (Å²) in [4.78, 5) is 26.1. The predicted molar refractivity (Wildman–Crippen MR) is 113 cm³/mol. The Bertz CT molecular complexity index is 873. The summed E-state index contributed by atoms with van der Waals surface area (Å²) in [7, 11) is 0. The van der Waals surface area contributed by atoms with Gasteiger partial charge in [-0.2, -0.15) is 0 Å². The second kappa shape index (κ2) is 9.85. The molecule has 0 spiro atoms. The Labute approximate surface area is 179 Å². The van der Waals surface area contributed by atoms with Gasteiger partial charge in [0.05, 0.1) is 11.6 Å². The minimum Gasteiger partial charge on any atom is -0.494 e. The van der Waals surface area contributed by atoms with E-state index in [0.717, 1.165) is 11.4 Å². The number of nitrogens with one attached hydrogen (secondary N) is 1. The SMILES string of the molecule is CCOc1ccc(N2CC(CNC(=O)COc3ccc(Cl)cc3Cl)CC2=O)cc1. The van der Waals surface area contributed by atoms with Gasteiger partial charge in [-0.25, -0.2) is 0 Å². The predicted octanol–water partition coefficient (Wildman–Crippen LogP) is 3.94. The van der Waals surface area contributed by atoms with E-state index in [2.05, 4.69) is 5.32 Å². The van der Waals surface area contributed by atoms with E-state index in [4.69, 9.17) is 32.7 Å². The molecule has 29 heavy (non-hydrogen) atoms. The molecule has 0 bridgehead atoms. The van der Waals surface area contributed by atoms with Gasteiger partial charge in [-0.05, 0) is 49.4 Å². The van der Waals surface area contributed by atoms with E-state index in [1.165, 1.54) is 0 Å². The van der Waals surface area contributed by atoms with E-state index < -0.39 is 0 Å². The molecule has 1 N–H and O–H groups in total. The van der Waals surface area contributed by atoms with Gasteiger partial charge >= 0.3 is 0 Å². The van der Waals surface area contributed by atoms with Crippen molar-refractivity contribution in [2.75, 3.05) is 31.2 Å². The molecule has 1 atom stereocenters. The minimum absolute atomic E-state index is 0.0390. The van der Waals surface area contributed by atoms with Crippen molar-refractivity contribution in [2.24, 2.45) is 5.92 Å². The van der Waals surface area contributed by atoms with Crippen LogP contribution in [0.5, 0.6) is 11.5 Å². The summed E-state index contributed by atoms with van der Waals surface area (Å²) in [6.45, 7) is 3.31. The second-order valence-corrected chi connectivity index (χ2v) is 7.51. The topological polar surface area (TPSA) is 67.9 Å². The first-order valence-electron chi connectivity index (χ1n) is 9.34. The van der Waals surface area contributed by atoms with Gasteiger partial charge in [0, 0.05) is 36.1 Å². The molecule has 154 valence electrons. The molecule has 2 aromatic rings. The van der Waals surface area contributed by atoms with Gasteiger partial charge in [-0.15, -0.1) is 0 Å². The summed E-state index contributed by atoms with van der Waals surface area (Å²) in [5.74, 6) is 0.967. The zero-order valence-electron chi connectivity index (χ0n) is 16.0. The molecule has 2 amide bonds. The molecule has 1 aliphatic heterocycles. The summed E-state index contributed by atoms with van der Waals surface area (Å²) in [6.07, 6.45) is 0.386. The molecule has 2 aromatic carbocycles.